The Balaban J connectivity index is 2.99. The zero-order valence-electron chi connectivity index (χ0n) is 4.33. The maximum atomic E-state index is 2.44. The second-order valence-electron chi connectivity index (χ2n) is 0.867. The SMILES string of the molecule is C[Si]N([Si]C)[Si]I. The highest BCUT2D eigenvalue weighted by Crippen LogP contribution is 1.83. The van der Waals surface area contributed by atoms with Crippen molar-refractivity contribution in [2.45, 2.75) is 13.1 Å². The van der Waals surface area contributed by atoms with E-state index in [4.69, 9.17) is 0 Å². The molecule has 0 aliphatic carbocycles. The van der Waals surface area contributed by atoms with Crippen LogP contribution in [0.25, 0.3) is 0 Å². The smallest absolute Gasteiger partial charge is 0.216 e. The Morgan fingerprint density at radius 1 is 1.29 bits per heavy atom. The number of hydrogen-bond donors (Lipinski definition) is 0. The first kappa shape index (κ1) is 8.34. The standard InChI is InChI=1S/C2H6INSi3/c1-5-4(6-2)7-3/h1-2H3. The molecule has 0 heterocycles. The summed E-state index contributed by atoms with van der Waals surface area (Å²) in [7, 11) is 2.98. The Hall–Kier alpha value is 1.34. The highest BCUT2D eigenvalue weighted by Gasteiger charge is 1.95. The molecule has 0 spiro atoms. The van der Waals surface area contributed by atoms with Crippen LogP contribution in [0.5, 0.6) is 0 Å². The second kappa shape index (κ2) is 5.48. The topological polar surface area (TPSA) is 3.24 Å². The van der Waals surface area contributed by atoms with Gasteiger partial charge in [0.05, 0.1) is 0 Å². The van der Waals surface area contributed by atoms with Crippen LogP contribution < -0.4 is 0 Å². The van der Waals surface area contributed by atoms with Crippen molar-refractivity contribution in [2.24, 2.45) is 0 Å². The van der Waals surface area contributed by atoms with Gasteiger partial charge in [-0.15, -0.1) is 21.8 Å². The lowest BCUT2D eigenvalue weighted by molar-refractivity contribution is 1.12. The molecule has 1 nitrogen and oxygen atoms in total. The minimum atomic E-state index is 0.977. The van der Waals surface area contributed by atoms with Gasteiger partial charge in [-0.25, -0.2) is 0 Å². The van der Waals surface area contributed by atoms with E-state index in [0.717, 1.165) is 26.5 Å². The lowest BCUT2D eigenvalue weighted by Gasteiger charge is -2.09. The van der Waals surface area contributed by atoms with E-state index in [1.165, 1.54) is 0 Å². The Morgan fingerprint density at radius 3 is 1.71 bits per heavy atom. The summed E-state index contributed by atoms with van der Waals surface area (Å²) in [6.07, 6.45) is 0. The molecule has 5 heteroatoms. The van der Waals surface area contributed by atoms with Crippen LogP contribution in [0.3, 0.4) is 0 Å². The van der Waals surface area contributed by atoms with Crippen molar-refractivity contribution in [3.05, 3.63) is 0 Å². The molecular formula is C2H6INSi3. The monoisotopic (exact) mass is 255 g/mol. The molecule has 7 heavy (non-hydrogen) atoms. The van der Waals surface area contributed by atoms with Gasteiger partial charge in [0.1, 0.15) is 19.4 Å². The van der Waals surface area contributed by atoms with Gasteiger partial charge in [-0.2, -0.15) is 0 Å². The van der Waals surface area contributed by atoms with Gasteiger partial charge >= 0.3 is 0 Å². The molecule has 6 radical (unpaired) electrons. The molecule has 0 aliphatic rings. The summed E-state index contributed by atoms with van der Waals surface area (Å²) in [5.74, 6) is 0. The van der Waals surface area contributed by atoms with E-state index in [2.05, 4.69) is 38.8 Å². The number of nitrogens with zero attached hydrogens (tertiary/aromatic N) is 1. The van der Waals surface area contributed by atoms with Crippen LogP contribution >= 0.6 is 21.8 Å². The molecule has 0 amide bonds. The molecule has 0 atom stereocenters. The average Bonchev–Trinajstić information content (AvgIpc) is 1.72. The first-order chi connectivity index (χ1) is 3.35. The predicted octanol–water partition coefficient (Wildman–Crippen LogP) is 0.592. The summed E-state index contributed by atoms with van der Waals surface area (Å²) in [6.45, 7) is 4.45. The summed E-state index contributed by atoms with van der Waals surface area (Å²) in [4.78, 5) is 0. The molecule has 0 aliphatic heterocycles. The van der Waals surface area contributed by atoms with Gasteiger partial charge in [0.2, 0.25) is 7.18 Å². The molecule has 0 unspecified atom stereocenters. The van der Waals surface area contributed by atoms with Gasteiger partial charge < -0.3 is 3.90 Å². The van der Waals surface area contributed by atoms with Gasteiger partial charge in [-0.3, -0.25) is 0 Å². The summed E-state index contributed by atoms with van der Waals surface area (Å²) in [6, 6.07) is 0. The van der Waals surface area contributed by atoms with Crippen molar-refractivity contribution in [2.75, 3.05) is 0 Å². The average molecular weight is 255 g/mol. The molecule has 0 rings (SSSR count). The van der Waals surface area contributed by atoms with E-state index < -0.39 is 0 Å². The predicted molar refractivity (Wildman–Crippen MR) is 44.8 cm³/mol. The normalized spacial score (nSPS) is 10.3. The zero-order valence-corrected chi connectivity index (χ0v) is 9.48. The van der Waals surface area contributed by atoms with E-state index in [-0.39, 0.29) is 0 Å². The van der Waals surface area contributed by atoms with Crippen LogP contribution in [0.15, 0.2) is 0 Å². The lowest BCUT2D eigenvalue weighted by Crippen LogP contribution is -2.28. The number of hydrogen-bond acceptors (Lipinski definition) is 1. The molecule has 0 aromatic rings. The quantitative estimate of drug-likeness (QED) is 0.405. The lowest BCUT2D eigenvalue weighted by atomic mass is 11.9. The first-order valence-corrected chi connectivity index (χ1v) is 8.82. The van der Waals surface area contributed by atoms with Crippen molar-refractivity contribution in [3.63, 3.8) is 0 Å². The maximum absolute atomic E-state index is 2.44. The van der Waals surface area contributed by atoms with Gasteiger partial charge in [0, 0.05) is 0 Å². The second-order valence-corrected chi connectivity index (χ2v) is 6.06. The van der Waals surface area contributed by atoms with E-state index in [1.54, 1.807) is 0 Å². The van der Waals surface area contributed by atoms with E-state index in [0.29, 0.717) is 0 Å². The van der Waals surface area contributed by atoms with Crippen molar-refractivity contribution < 1.29 is 0 Å². The maximum Gasteiger partial charge on any atom is 0.216 e. The first-order valence-electron chi connectivity index (χ1n) is 1.86. The van der Waals surface area contributed by atoms with Gasteiger partial charge in [-0.05, 0) is 0 Å². The van der Waals surface area contributed by atoms with Gasteiger partial charge in [0.25, 0.3) is 0 Å². The fraction of sp³-hybridized carbons (Fsp3) is 1.00. The van der Waals surface area contributed by atoms with E-state index in [9.17, 15) is 0 Å². The molecule has 0 N–H and O–H groups in total. The van der Waals surface area contributed by atoms with E-state index in [1.807, 2.05) is 0 Å². The highest BCUT2D eigenvalue weighted by molar-refractivity contribution is 14.1. The Morgan fingerprint density at radius 2 is 1.71 bits per heavy atom. The third-order valence-electron chi connectivity index (χ3n) is 0.532. The minimum Gasteiger partial charge on any atom is -0.366 e. The summed E-state index contributed by atoms with van der Waals surface area (Å²) < 4.78 is 2.44. The van der Waals surface area contributed by atoms with Crippen LogP contribution in [0.4, 0.5) is 0 Å². The largest absolute Gasteiger partial charge is 0.366 e. The Kier molecular flexibility index (Phi) is 6.53. The van der Waals surface area contributed by atoms with Crippen molar-refractivity contribution in [1.29, 1.82) is 0 Å². The van der Waals surface area contributed by atoms with Gasteiger partial charge in [-0.1, -0.05) is 13.1 Å². The molecule has 0 aromatic carbocycles. The van der Waals surface area contributed by atoms with E-state index >= 15 is 0 Å². The third-order valence-corrected chi connectivity index (χ3v) is 9.13. The Labute approximate surface area is 65.2 Å². The molecular weight excluding hydrogens is 249 g/mol. The molecule has 38 valence electrons. The van der Waals surface area contributed by atoms with Gasteiger partial charge in [0.15, 0.2) is 0 Å². The summed E-state index contributed by atoms with van der Waals surface area (Å²) >= 11 is 2.42. The third kappa shape index (κ3) is 3.89. The zero-order chi connectivity index (χ0) is 5.70. The van der Waals surface area contributed by atoms with Crippen molar-refractivity contribution in [1.82, 2.24) is 3.90 Å². The molecule has 0 aromatic heterocycles. The van der Waals surface area contributed by atoms with Crippen molar-refractivity contribution in [3.8, 4) is 0 Å². The van der Waals surface area contributed by atoms with Crippen molar-refractivity contribution >= 4 is 48.3 Å². The summed E-state index contributed by atoms with van der Waals surface area (Å²) in [5, 5.41) is 0. The Bertz CT molecular complexity index is 34.4. The van der Waals surface area contributed by atoms with Crippen LogP contribution in [0, 0.1) is 0 Å². The van der Waals surface area contributed by atoms with Crippen LogP contribution in [0.2, 0.25) is 13.1 Å². The van der Waals surface area contributed by atoms with Crippen LogP contribution in [0.1, 0.15) is 0 Å². The van der Waals surface area contributed by atoms with Crippen LogP contribution in [-0.2, 0) is 0 Å². The molecule has 0 bridgehead atoms. The number of halogens is 1. The highest BCUT2D eigenvalue weighted by atomic mass is 127. The number of rotatable bonds is 3. The molecule has 0 saturated heterocycles. The molecule has 0 saturated carbocycles. The fourth-order valence-corrected chi connectivity index (χ4v) is 6.11. The van der Waals surface area contributed by atoms with Crippen LogP contribution in [-0.4, -0.2) is 30.4 Å². The fourth-order valence-electron chi connectivity index (χ4n) is 0.196. The molecule has 0 fully saturated rings. The summed E-state index contributed by atoms with van der Waals surface area (Å²) in [5.41, 5.74) is 0. The minimum absolute atomic E-state index is 0.977.